The summed E-state index contributed by atoms with van der Waals surface area (Å²) in [7, 11) is 0. The van der Waals surface area contributed by atoms with Crippen molar-refractivity contribution in [2.75, 3.05) is 0 Å². The average molecular weight is 354 g/mol. The van der Waals surface area contributed by atoms with Gasteiger partial charge in [-0.05, 0) is 0 Å². The molecule has 0 aliphatic carbocycles. The zero-order valence-electron chi connectivity index (χ0n) is 3.65. The van der Waals surface area contributed by atoms with Gasteiger partial charge in [0.1, 0.15) is 0 Å². The molecule has 0 aromatic carbocycles. The Labute approximate surface area is 70.3 Å². The van der Waals surface area contributed by atoms with Gasteiger partial charge in [-0.15, -0.1) is 0 Å². The molecule has 0 amide bonds. The minimum atomic E-state index is 0.0429. The normalized spacial score (nSPS) is 10.1. The SMILES string of the molecule is O=c1cc([I-]I)s[nH]1. The van der Waals surface area contributed by atoms with E-state index in [1.165, 1.54) is 14.4 Å². The molecule has 0 fully saturated rings. The zero-order valence-corrected chi connectivity index (χ0v) is 8.78. The summed E-state index contributed by atoms with van der Waals surface area (Å²) in [5.74, 6) is 0. The van der Waals surface area contributed by atoms with Gasteiger partial charge in [-0.2, -0.15) is 0 Å². The van der Waals surface area contributed by atoms with Crippen LogP contribution < -0.4 is 22.8 Å². The quantitative estimate of drug-likeness (QED) is 0.585. The number of aromatic nitrogens is 1. The molecule has 1 rings (SSSR count). The third-order valence-electron chi connectivity index (χ3n) is 0.564. The summed E-state index contributed by atoms with van der Waals surface area (Å²) in [5, 5.41) is 0. The second-order valence-corrected chi connectivity index (χ2v) is 6.97. The molecule has 0 atom stereocenters. The summed E-state index contributed by atoms with van der Waals surface area (Å²) in [6, 6.07) is 1.67. The first-order valence-electron chi connectivity index (χ1n) is 1.77. The molecule has 46 valence electrons. The zero-order chi connectivity index (χ0) is 5.98. The van der Waals surface area contributed by atoms with Crippen molar-refractivity contribution in [3.8, 4) is 0 Å². The summed E-state index contributed by atoms with van der Waals surface area (Å²) >= 11 is 3.87. The van der Waals surface area contributed by atoms with Gasteiger partial charge in [0.15, 0.2) is 0 Å². The fourth-order valence-corrected chi connectivity index (χ4v) is 4.19. The number of nitrogens with one attached hydrogen (secondary N) is 1. The molecule has 0 aliphatic rings. The van der Waals surface area contributed by atoms with Crippen molar-refractivity contribution < 1.29 is 17.2 Å². The Morgan fingerprint density at radius 1 is 1.88 bits per heavy atom. The summed E-state index contributed by atoms with van der Waals surface area (Å²) in [5.41, 5.74) is 0.0429. The number of halogens is 2. The summed E-state index contributed by atoms with van der Waals surface area (Å²) in [4.78, 5) is 10.4. The Morgan fingerprint density at radius 3 is 2.88 bits per heavy atom. The van der Waals surface area contributed by atoms with E-state index < -0.39 is 0 Å². The summed E-state index contributed by atoms with van der Waals surface area (Å²) in [6.45, 7) is 0. The maximum absolute atomic E-state index is 10.4. The minimum absolute atomic E-state index is 0.0429. The Morgan fingerprint density at radius 2 is 2.62 bits per heavy atom. The third kappa shape index (κ3) is 1.69. The van der Waals surface area contributed by atoms with Crippen molar-refractivity contribution in [1.29, 1.82) is 0 Å². The number of hydrogen-bond donors (Lipinski definition) is 1. The topological polar surface area (TPSA) is 32.9 Å². The Hall–Kier alpha value is 0.890. The fourth-order valence-electron chi connectivity index (χ4n) is 0.296. The molecule has 1 aromatic heterocycles. The van der Waals surface area contributed by atoms with Crippen molar-refractivity contribution in [2.24, 2.45) is 0 Å². The van der Waals surface area contributed by atoms with Crippen molar-refractivity contribution >= 4 is 30.1 Å². The predicted molar refractivity (Wildman–Crippen MR) is 37.7 cm³/mol. The number of aromatic amines is 1. The van der Waals surface area contributed by atoms with E-state index in [0.29, 0.717) is 0 Å². The van der Waals surface area contributed by atoms with Crippen LogP contribution >= 0.6 is 30.1 Å². The van der Waals surface area contributed by atoms with E-state index in [-0.39, 0.29) is 22.8 Å². The first kappa shape index (κ1) is 7.00. The van der Waals surface area contributed by atoms with E-state index in [9.17, 15) is 4.79 Å². The molecule has 5 heteroatoms. The molecule has 0 radical (unpaired) electrons. The van der Waals surface area contributed by atoms with Gasteiger partial charge in [-0.25, -0.2) is 0 Å². The van der Waals surface area contributed by atoms with E-state index in [0.717, 1.165) is 0 Å². The van der Waals surface area contributed by atoms with E-state index >= 15 is 0 Å². The van der Waals surface area contributed by atoms with Crippen LogP contribution in [0.15, 0.2) is 10.9 Å². The van der Waals surface area contributed by atoms with Crippen LogP contribution in [0.2, 0.25) is 0 Å². The van der Waals surface area contributed by atoms with Crippen LogP contribution in [0, 0.1) is 2.88 Å². The standard InChI is InChI=1S/C3H2I2NOS/c4-5-2-1-3(7)6-8-2/h1H,(H,6,7)/q-1. The van der Waals surface area contributed by atoms with Gasteiger partial charge in [0.25, 0.3) is 0 Å². The van der Waals surface area contributed by atoms with E-state index in [1.54, 1.807) is 6.07 Å². The second kappa shape index (κ2) is 3.16. The van der Waals surface area contributed by atoms with Gasteiger partial charge in [0, 0.05) is 0 Å². The van der Waals surface area contributed by atoms with Crippen molar-refractivity contribution in [3.05, 3.63) is 19.3 Å². The molecular weight excluding hydrogens is 352 g/mol. The average Bonchev–Trinajstić information content (AvgIpc) is 2.14. The van der Waals surface area contributed by atoms with Crippen LogP contribution in [0.25, 0.3) is 0 Å². The Kier molecular flexibility index (Phi) is 2.76. The van der Waals surface area contributed by atoms with Crippen LogP contribution in [-0.4, -0.2) is 4.37 Å². The van der Waals surface area contributed by atoms with E-state index in [2.05, 4.69) is 23.0 Å². The van der Waals surface area contributed by atoms with Gasteiger partial charge >= 0.3 is 71.1 Å². The van der Waals surface area contributed by atoms with E-state index in [1.807, 2.05) is 0 Å². The summed E-state index contributed by atoms with van der Waals surface area (Å²) in [6.07, 6.45) is 0. The number of hydrogen-bond acceptors (Lipinski definition) is 2. The molecule has 0 unspecified atom stereocenters. The molecule has 2 nitrogen and oxygen atoms in total. The Bertz CT molecular complexity index is 217. The van der Waals surface area contributed by atoms with Gasteiger partial charge in [-0.1, -0.05) is 0 Å². The first-order chi connectivity index (χ1) is 3.83. The number of H-pyrrole nitrogens is 1. The third-order valence-corrected chi connectivity index (χ3v) is 7.87. The van der Waals surface area contributed by atoms with E-state index in [4.69, 9.17) is 0 Å². The van der Waals surface area contributed by atoms with Crippen molar-refractivity contribution in [2.45, 2.75) is 0 Å². The van der Waals surface area contributed by atoms with Crippen LogP contribution in [0.3, 0.4) is 0 Å². The van der Waals surface area contributed by atoms with Crippen LogP contribution in [0.4, 0.5) is 0 Å². The summed E-state index contributed by atoms with van der Waals surface area (Å²) < 4.78 is 3.85. The molecule has 1 N–H and O–H groups in total. The monoisotopic (exact) mass is 354 g/mol. The Balaban J connectivity index is 3.01. The predicted octanol–water partition coefficient (Wildman–Crippen LogP) is -1.96. The van der Waals surface area contributed by atoms with Crippen LogP contribution in [-0.2, 0) is 0 Å². The van der Waals surface area contributed by atoms with Crippen LogP contribution in [0.5, 0.6) is 0 Å². The molecule has 0 saturated heterocycles. The van der Waals surface area contributed by atoms with Crippen molar-refractivity contribution in [1.82, 2.24) is 4.37 Å². The molecule has 0 bridgehead atoms. The molecular formula is C3H2I2NOS-. The first-order valence-corrected chi connectivity index (χ1v) is 9.95. The molecule has 1 heterocycles. The molecule has 0 spiro atoms. The van der Waals surface area contributed by atoms with Crippen molar-refractivity contribution in [3.63, 3.8) is 0 Å². The number of rotatable bonds is 1. The van der Waals surface area contributed by atoms with Gasteiger partial charge in [-0.3, -0.25) is 0 Å². The molecule has 0 aliphatic heterocycles. The molecule has 8 heavy (non-hydrogen) atoms. The second-order valence-electron chi connectivity index (χ2n) is 1.09. The van der Waals surface area contributed by atoms with Crippen LogP contribution in [0.1, 0.15) is 0 Å². The van der Waals surface area contributed by atoms with Gasteiger partial charge in [0.2, 0.25) is 0 Å². The molecule has 1 aromatic rings. The van der Waals surface area contributed by atoms with Gasteiger partial charge in [0.05, 0.1) is 0 Å². The molecule has 0 saturated carbocycles. The fraction of sp³-hybridized carbons (Fsp3) is 0. The van der Waals surface area contributed by atoms with Gasteiger partial charge < -0.3 is 0 Å². The maximum atomic E-state index is 10.4.